The van der Waals surface area contributed by atoms with E-state index < -0.39 is 0 Å². The molecule has 0 heterocycles. The molecular weight excluding hydrogens is 266 g/mol. The second-order valence-electron chi connectivity index (χ2n) is 5.89. The largest absolute Gasteiger partial charge is 0.339 e. The van der Waals surface area contributed by atoms with Gasteiger partial charge in [-0.25, -0.2) is 4.79 Å². The van der Waals surface area contributed by atoms with Crippen LogP contribution < -0.4 is 10.6 Å². The molecule has 3 amide bonds. The molecular formula is C16H25N3O2. The van der Waals surface area contributed by atoms with Crippen molar-refractivity contribution in [3.05, 3.63) is 29.8 Å². The molecule has 0 atom stereocenters. The van der Waals surface area contributed by atoms with Crippen LogP contribution in [0.4, 0.5) is 10.5 Å². The zero-order chi connectivity index (χ0) is 16.0. The molecule has 0 aliphatic heterocycles. The summed E-state index contributed by atoms with van der Waals surface area (Å²) < 4.78 is 0. The predicted octanol–water partition coefficient (Wildman–Crippen LogP) is 3.09. The monoisotopic (exact) mass is 291 g/mol. The van der Waals surface area contributed by atoms with Gasteiger partial charge in [-0.05, 0) is 52.8 Å². The summed E-state index contributed by atoms with van der Waals surface area (Å²) in [6, 6.07) is 6.70. The Morgan fingerprint density at radius 3 is 2.29 bits per heavy atom. The molecule has 0 aliphatic carbocycles. The fraction of sp³-hybridized carbons (Fsp3) is 0.500. The number of urea groups is 1. The van der Waals surface area contributed by atoms with Crippen molar-refractivity contribution in [2.75, 3.05) is 18.4 Å². The van der Waals surface area contributed by atoms with E-state index >= 15 is 0 Å². The van der Waals surface area contributed by atoms with Gasteiger partial charge in [0.15, 0.2) is 0 Å². The van der Waals surface area contributed by atoms with Gasteiger partial charge >= 0.3 is 6.03 Å². The van der Waals surface area contributed by atoms with Crippen molar-refractivity contribution in [2.45, 2.75) is 40.2 Å². The average molecular weight is 291 g/mol. The first kappa shape index (κ1) is 17.0. The van der Waals surface area contributed by atoms with Crippen molar-refractivity contribution in [3.63, 3.8) is 0 Å². The van der Waals surface area contributed by atoms with Gasteiger partial charge in [0.1, 0.15) is 0 Å². The van der Waals surface area contributed by atoms with Crippen molar-refractivity contribution in [2.24, 2.45) is 0 Å². The molecule has 5 heteroatoms. The number of hydrogen-bond acceptors (Lipinski definition) is 2. The van der Waals surface area contributed by atoms with Gasteiger partial charge in [-0.3, -0.25) is 4.79 Å². The van der Waals surface area contributed by atoms with E-state index in [1.165, 1.54) is 0 Å². The normalized spacial score (nSPS) is 10.9. The zero-order valence-corrected chi connectivity index (χ0v) is 13.5. The molecule has 2 N–H and O–H groups in total. The molecule has 0 spiro atoms. The van der Waals surface area contributed by atoms with E-state index in [2.05, 4.69) is 10.6 Å². The molecule has 0 bridgehead atoms. The van der Waals surface area contributed by atoms with Crippen LogP contribution >= 0.6 is 0 Å². The Morgan fingerprint density at radius 2 is 1.76 bits per heavy atom. The van der Waals surface area contributed by atoms with Gasteiger partial charge in [-0.2, -0.15) is 0 Å². The topological polar surface area (TPSA) is 61.4 Å². The molecule has 0 saturated carbocycles. The number of carbonyl (C=O) groups is 2. The first-order chi connectivity index (χ1) is 9.76. The van der Waals surface area contributed by atoms with Gasteiger partial charge in [0.2, 0.25) is 0 Å². The van der Waals surface area contributed by atoms with Crippen LogP contribution in [0.2, 0.25) is 0 Å². The smallest absolute Gasteiger partial charge is 0.319 e. The Morgan fingerprint density at radius 1 is 1.14 bits per heavy atom. The fourth-order valence-electron chi connectivity index (χ4n) is 1.93. The van der Waals surface area contributed by atoms with E-state index in [9.17, 15) is 9.59 Å². The highest BCUT2D eigenvalue weighted by Gasteiger charge is 2.15. The summed E-state index contributed by atoms with van der Waals surface area (Å²) >= 11 is 0. The number of nitrogens with zero attached hydrogens (tertiary/aromatic N) is 1. The van der Waals surface area contributed by atoms with Crippen LogP contribution in [-0.4, -0.2) is 35.5 Å². The summed E-state index contributed by atoms with van der Waals surface area (Å²) in [5.74, 6) is -0.0279. The maximum absolute atomic E-state index is 12.3. The zero-order valence-electron chi connectivity index (χ0n) is 13.5. The summed E-state index contributed by atoms with van der Waals surface area (Å²) in [6.07, 6.45) is 0. The SMILES string of the molecule is CCN(CC)C(=O)c1cccc(NC(=O)NC(C)(C)C)c1. The van der Waals surface area contributed by atoms with Crippen molar-refractivity contribution in [3.8, 4) is 0 Å². The minimum Gasteiger partial charge on any atom is -0.339 e. The molecule has 0 unspecified atom stereocenters. The maximum Gasteiger partial charge on any atom is 0.319 e. The van der Waals surface area contributed by atoms with Crippen molar-refractivity contribution in [1.29, 1.82) is 0 Å². The highest BCUT2D eigenvalue weighted by atomic mass is 16.2. The molecule has 0 radical (unpaired) electrons. The Balaban J connectivity index is 2.81. The second-order valence-corrected chi connectivity index (χ2v) is 5.89. The molecule has 0 saturated heterocycles. The van der Waals surface area contributed by atoms with Gasteiger partial charge in [-0.1, -0.05) is 6.07 Å². The Kier molecular flexibility index (Phi) is 5.76. The van der Waals surface area contributed by atoms with Crippen LogP contribution in [-0.2, 0) is 0 Å². The van der Waals surface area contributed by atoms with E-state index in [1.807, 2.05) is 34.6 Å². The van der Waals surface area contributed by atoms with E-state index in [-0.39, 0.29) is 17.5 Å². The van der Waals surface area contributed by atoms with Crippen molar-refractivity contribution >= 4 is 17.6 Å². The number of benzene rings is 1. The minimum atomic E-state index is -0.307. The third-order valence-corrected chi connectivity index (χ3v) is 2.91. The van der Waals surface area contributed by atoms with E-state index in [0.717, 1.165) is 0 Å². The van der Waals surface area contributed by atoms with E-state index in [1.54, 1.807) is 29.2 Å². The summed E-state index contributed by atoms with van der Waals surface area (Å²) in [6.45, 7) is 10.9. The predicted molar refractivity (Wildman–Crippen MR) is 85.6 cm³/mol. The van der Waals surface area contributed by atoms with E-state index in [0.29, 0.717) is 24.3 Å². The average Bonchev–Trinajstić information content (AvgIpc) is 2.38. The standard InChI is InChI=1S/C16H25N3O2/c1-6-19(7-2)14(20)12-9-8-10-13(11-12)17-15(21)18-16(3,4)5/h8-11H,6-7H2,1-5H3,(H2,17,18,21). The van der Waals surface area contributed by atoms with Gasteiger partial charge in [0.05, 0.1) is 0 Å². The van der Waals surface area contributed by atoms with Crippen LogP contribution in [0, 0.1) is 0 Å². The molecule has 116 valence electrons. The number of anilines is 1. The first-order valence-corrected chi connectivity index (χ1v) is 7.25. The van der Waals surface area contributed by atoms with Crippen molar-refractivity contribution < 1.29 is 9.59 Å². The van der Waals surface area contributed by atoms with Crippen molar-refractivity contribution in [1.82, 2.24) is 10.2 Å². The molecule has 0 aliphatic rings. The first-order valence-electron chi connectivity index (χ1n) is 7.25. The molecule has 0 fully saturated rings. The molecule has 1 aromatic rings. The molecule has 1 aromatic carbocycles. The third-order valence-electron chi connectivity index (χ3n) is 2.91. The maximum atomic E-state index is 12.3. The van der Waals surface area contributed by atoms with Gasteiger partial charge < -0.3 is 15.5 Å². The summed E-state index contributed by atoms with van der Waals surface area (Å²) in [7, 11) is 0. The fourth-order valence-corrected chi connectivity index (χ4v) is 1.93. The number of hydrogen-bond donors (Lipinski definition) is 2. The highest BCUT2D eigenvalue weighted by Crippen LogP contribution is 2.13. The minimum absolute atomic E-state index is 0.0279. The van der Waals surface area contributed by atoms with Crippen LogP contribution in [0.5, 0.6) is 0 Å². The summed E-state index contributed by atoms with van der Waals surface area (Å²) in [5.41, 5.74) is 0.876. The van der Waals surface area contributed by atoms with Crippen LogP contribution in [0.1, 0.15) is 45.0 Å². The number of rotatable bonds is 4. The van der Waals surface area contributed by atoms with Crippen LogP contribution in [0.3, 0.4) is 0 Å². The lowest BCUT2D eigenvalue weighted by Gasteiger charge is -2.21. The van der Waals surface area contributed by atoms with Gasteiger partial charge in [-0.15, -0.1) is 0 Å². The molecule has 0 aromatic heterocycles. The van der Waals surface area contributed by atoms with Crippen LogP contribution in [0.25, 0.3) is 0 Å². The quantitative estimate of drug-likeness (QED) is 0.895. The lowest BCUT2D eigenvalue weighted by Crippen LogP contribution is -2.43. The number of nitrogens with one attached hydrogen (secondary N) is 2. The number of carbonyl (C=O) groups excluding carboxylic acids is 2. The highest BCUT2D eigenvalue weighted by molar-refractivity contribution is 5.97. The Bertz CT molecular complexity index is 502. The summed E-state index contributed by atoms with van der Waals surface area (Å²) in [5, 5.41) is 5.56. The Labute approximate surface area is 126 Å². The Hall–Kier alpha value is -2.04. The third kappa shape index (κ3) is 5.45. The second kappa shape index (κ2) is 7.11. The number of amides is 3. The van der Waals surface area contributed by atoms with Gasteiger partial charge in [0, 0.05) is 29.9 Å². The van der Waals surface area contributed by atoms with E-state index in [4.69, 9.17) is 0 Å². The molecule has 5 nitrogen and oxygen atoms in total. The summed E-state index contributed by atoms with van der Waals surface area (Å²) in [4.78, 5) is 25.9. The van der Waals surface area contributed by atoms with Gasteiger partial charge in [0.25, 0.3) is 5.91 Å². The molecule has 21 heavy (non-hydrogen) atoms. The molecule has 1 rings (SSSR count). The lowest BCUT2D eigenvalue weighted by molar-refractivity contribution is 0.0773. The lowest BCUT2D eigenvalue weighted by atomic mass is 10.1. The van der Waals surface area contributed by atoms with Crippen LogP contribution in [0.15, 0.2) is 24.3 Å².